The number of hydrogen-bond donors (Lipinski definition) is 1. The molecule has 1 heterocycles. The number of nitrogens with zero attached hydrogens (tertiary/aromatic N) is 2. The van der Waals surface area contributed by atoms with E-state index in [4.69, 9.17) is 0 Å². The number of piperazine rings is 1. The van der Waals surface area contributed by atoms with Crippen LogP contribution in [0.3, 0.4) is 0 Å². The molecule has 0 radical (unpaired) electrons. The Morgan fingerprint density at radius 2 is 1.68 bits per heavy atom. The third kappa shape index (κ3) is 5.69. The molecule has 2 rings (SSSR count). The Bertz CT molecular complexity index is 575. The van der Waals surface area contributed by atoms with Gasteiger partial charge in [0.1, 0.15) is 0 Å². The van der Waals surface area contributed by atoms with Crippen LogP contribution in [-0.2, 0) is 9.84 Å². The standard InChI is InChI=1S/C12H17N3O4S.2ClH/c16-15(17)11-1-3-12(4-2-11)20(18,19)10-9-14-7-5-13-6-8-14;;/h1-4,13H,5-10H2;2*1H. The predicted molar refractivity (Wildman–Crippen MR) is 89.0 cm³/mol. The fraction of sp³-hybridized carbons (Fsp3) is 0.500. The molecule has 1 aromatic rings. The zero-order valence-electron chi connectivity index (χ0n) is 11.8. The molecule has 1 aromatic carbocycles. The number of sulfone groups is 1. The lowest BCUT2D eigenvalue weighted by atomic mass is 10.3. The van der Waals surface area contributed by atoms with E-state index in [2.05, 4.69) is 10.2 Å². The molecule has 1 aliphatic rings. The molecule has 1 aliphatic heterocycles. The van der Waals surface area contributed by atoms with Crippen LogP contribution in [0.1, 0.15) is 0 Å². The van der Waals surface area contributed by atoms with Crippen molar-refractivity contribution in [3.05, 3.63) is 34.4 Å². The van der Waals surface area contributed by atoms with Crippen molar-refractivity contribution in [2.24, 2.45) is 0 Å². The van der Waals surface area contributed by atoms with Crippen molar-refractivity contribution in [3.63, 3.8) is 0 Å². The monoisotopic (exact) mass is 371 g/mol. The van der Waals surface area contributed by atoms with Gasteiger partial charge in [0, 0.05) is 44.9 Å². The molecule has 0 unspecified atom stereocenters. The van der Waals surface area contributed by atoms with Crippen LogP contribution in [-0.4, -0.2) is 56.7 Å². The lowest BCUT2D eigenvalue weighted by Crippen LogP contribution is -2.45. The van der Waals surface area contributed by atoms with E-state index in [1.807, 2.05) is 0 Å². The van der Waals surface area contributed by atoms with Gasteiger partial charge in [0.25, 0.3) is 5.69 Å². The zero-order valence-corrected chi connectivity index (χ0v) is 14.3. The number of benzene rings is 1. The van der Waals surface area contributed by atoms with Gasteiger partial charge < -0.3 is 5.32 Å². The Kier molecular flexibility index (Phi) is 8.87. The summed E-state index contributed by atoms with van der Waals surface area (Å²) in [6.45, 7) is 3.92. The minimum absolute atomic E-state index is 0. The van der Waals surface area contributed by atoms with Crippen LogP contribution in [0.25, 0.3) is 0 Å². The molecule has 1 fully saturated rings. The van der Waals surface area contributed by atoms with Crippen molar-refractivity contribution in [1.29, 1.82) is 0 Å². The van der Waals surface area contributed by atoms with Crippen LogP contribution in [0, 0.1) is 10.1 Å². The van der Waals surface area contributed by atoms with Gasteiger partial charge in [0.15, 0.2) is 9.84 Å². The first-order valence-electron chi connectivity index (χ1n) is 6.39. The molecule has 0 aromatic heterocycles. The second kappa shape index (κ2) is 9.26. The molecule has 22 heavy (non-hydrogen) atoms. The van der Waals surface area contributed by atoms with Crippen LogP contribution in [0.5, 0.6) is 0 Å². The smallest absolute Gasteiger partial charge is 0.269 e. The van der Waals surface area contributed by atoms with Gasteiger partial charge in [-0.25, -0.2) is 8.42 Å². The molecule has 0 aliphatic carbocycles. The first kappa shape index (κ1) is 21.1. The molecule has 0 bridgehead atoms. The van der Waals surface area contributed by atoms with E-state index < -0.39 is 14.8 Å². The van der Waals surface area contributed by atoms with Crippen LogP contribution in [0.4, 0.5) is 5.69 Å². The van der Waals surface area contributed by atoms with Gasteiger partial charge in [0.05, 0.1) is 15.6 Å². The summed E-state index contributed by atoms with van der Waals surface area (Å²) in [6.07, 6.45) is 0. The van der Waals surface area contributed by atoms with E-state index in [0.717, 1.165) is 26.2 Å². The van der Waals surface area contributed by atoms with E-state index in [-0.39, 0.29) is 41.1 Å². The van der Waals surface area contributed by atoms with E-state index in [1.54, 1.807) is 0 Å². The first-order chi connectivity index (χ1) is 9.49. The average Bonchev–Trinajstić information content (AvgIpc) is 2.46. The maximum absolute atomic E-state index is 12.1. The van der Waals surface area contributed by atoms with E-state index in [1.165, 1.54) is 24.3 Å². The molecule has 7 nitrogen and oxygen atoms in total. The third-order valence-corrected chi connectivity index (χ3v) is 5.00. The normalized spacial score (nSPS) is 15.5. The van der Waals surface area contributed by atoms with Crippen molar-refractivity contribution in [1.82, 2.24) is 10.2 Å². The summed E-state index contributed by atoms with van der Waals surface area (Å²) >= 11 is 0. The maximum Gasteiger partial charge on any atom is 0.269 e. The van der Waals surface area contributed by atoms with Crippen LogP contribution in [0.15, 0.2) is 29.2 Å². The quantitative estimate of drug-likeness (QED) is 0.615. The molecule has 0 atom stereocenters. The summed E-state index contributed by atoms with van der Waals surface area (Å²) in [5.41, 5.74) is -0.106. The average molecular weight is 372 g/mol. The summed E-state index contributed by atoms with van der Waals surface area (Å²) in [4.78, 5) is 12.2. The minimum Gasteiger partial charge on any atom is -0.314 e. The Balaban J connectivity index is 0.00000220. The highest BCUT2D eigenvalue weighted by Gasteiger charge is 2.18. The summed E-state index contributed by atoms with van der Waals surface area (Å²) in [5.74, 6) is 0.0326. The van der Waals surface area contributed by atoms with Crippen LogP contribution < -0.4 is 5.32 Å². The van der Waals surface area contributed by atoms with Gasteiger partial charge in [-0.2, -0.15) is 0 Å². The van der Waals surface area contributed by atoms with Crippen LogP contribution in [0.2, 0.25) is 0 Å². The van der Waals surface area contributed by atoms with Gasteiger partial charge >= 0.3 is 0 Å². The van der Waals surface area contributed by atoms with Crippen LogP contribution >= 0.6 is 24.8 Å². The molecule has 0 spiro atoms. The third-order valence-electron chi connectivity index (χ3n) is 3.29. The number of hydrogen-bond acceptors (Lipinski definition) is 6. The van der Waals surface area contributed by atoms with E-state index >= 15 is 0 Å². The van der Waals surface area contributed by atoms with Gasteiger partial charge in [-0.3, -0.25) is 15.0 Å². The highest BCUT2D eigenvalue weighted by atomic mass is 35.5. The fourth-order valence-electron chi connectivity index (χ4n) is 2.08. The number of halogens is 2. The highest BCUT2D eigenvalue weighted by Crippen LogP contribution is 2.17. The molecule has 10 heteroatoms. The Morgan fingerprint density at radius 1 is 1.14 bits per heavy atom. The number of nitro groups is 1. The number of nitro benzene ring substituents is 1. The van der Waals surface area contributed by atoms with Crippen molar-refractivity contribution in [2.75, 3.05) is 38.5 Å². The molecule has 0 saturated carbocycles. The van der Waals surface area contributed by atoms with E-state index in [9.17, 15) is 18.5 Å². The lowest BCUT2D eigenvalue weighted by Gasteiger charge is -2.26. The molecule has 126 valence electrons. The zero-order chi connectivity index (χ0) is 14.6. The predicted octanol–water partition coefficient (Wildman–Crippen LogP) is 1.12. The van der Waals surface area contributed by atoms with Crippen molar-refractivity contribution in [2.45, 2.75) is 4.90 Å². The van der Waals surface area contributed by atoms with Gasteiger partial charge in [-0.05, 0) is 12.1 Å². The minimum atomic E-state index is -3.39. The highest BCUT2D eigenvalue weighted by molar-refractivity contribution is 7.91. The second-order valence-corrected chi connectivity index (χ2v) is 6.77. The van der Waals surface area contributed by atoms with Gasteiger partial charge in [-0.1, -0.05) is 0 Å². The molecule has 1 N–H and O–H groups in total. The lowest BCUT2D eigenvalue weighted by molar-refractivity contribution is -0.384. The van der Waals surface area contributed by atoms with Crippen molar-refractivity contribution < 1.29 is 13.3 Å². The Labute approximate surface area is 142 Å². The number of nitrogens with one attached hydrogen (secondary N) is 1. The molecular weight excluding hydrogens is 353 g/mol. The summed E-state index contributed by atoms with van der Waals surface area (Å²) in [6, 6.07) is 5.03. The maximum atomic E-state index is 12.1. The Hall–Kier alpha value is -0.930. The summed E-state index contributed by atoms with van der Waals surface area (Å²) in [5, 5.41) is 13.7. The SMILES string of the molecule is Cl.Cl.O=[N+]([O-])c1ccc(S(=O)(=O)CCN2CCNCC2)cc1. The summed E-state index contributed by atoms with van der Waals surface area (Å²) in [7, 11) is -3.39. The van der Waals surface area contributed by atoms with E-state index in [0.29, 0.717) is 6.54 Å². The van der Waals surface area contributed by atoms with Gasteiger partial charge in [-0.15, -0.1) is 24.8 Å². The van der Waals surface area contributed by atoms with Crippen molar-refractivity contribution >= 4 is 40.3 Å². The molecule has 0 amide bonds. The topological polar surface area (TPSA) is 92.5 Å². The summed E-state index contributed by atoms with van der Waals surface area (Å²) < 4.78 is 24.3. The largest absolute Gasteiger partial charge is 0.314 e. The number of rotatable bonds is 5. The molecule has 1 saturated heterocycles. The fourth-order valence-corrected chi connectivity index (χ4v) is 3.36. The van der Waals surface area contributed by atoms with Crippen molar-refractivity contribution in [3.8, 4) is 0 Å². The van der Waals surface area contributed by atoms with Gasteiger partial charge in [0.2, 0.25) is 0 Å². The second-order valence-electron chi connectivity index (χ2n) is 4.66. The number of non-ortho nitro benzene ring substituents is 1. The molecular formula is C12H19Cl2N3O4S. The first-order valence-corrected chi connectivity index (χ1v) is 8.04. The Morgan fingerprint density at radius 3 is 2.18 bits per heavy atom.